The summed E-state index contributed by atoms with van der Waals surface area (Å²) in [5.74, 6) is -1.09. The van der Waals surface area contributed by atoms with Crippen LogP contribution in [0.1, 0.15) is 5.56 Å². The molecule has 0 amide bonds. The van der Waals surface area contributed by atoms with Gasteiger partial charge >= 0.3 is 6.18 Å². The van der Waals surface area contributed by atoms with Crippen LogP contribution < -0.4 is 5.73 Å². The van der Waals surface area contributed by atoms with Gasteiger partial charge in [0.25, 0.3) is 0 Å². The van der Waals surface area contributed by atoms with Gasteiger partial charge in [0.1, 0.15) is 5.82 Å². The highest BCUT2D eigenvalue weighted by molar-refractivity contribution is 7.80. The van der Waals surface area contributed by atoms with Crippen LogP contribution in [0.2, 0.25) is 0 Å². The molecule has 0 fully saturated rings. The Morgan fingerprint density at radius 3 is 2.23 bits per heavy atom. The second-order valence-electron chi connectivity index (χ2n) is 2.39. The number of benzene rings is 1. The van der Waals surface area contributed by atoms with E-state index in [4.69, 9.17) is 5.73 Å². The van der Waals surface area contributed by atoms with Gasteiger partial charge in [-0.05, 0) is 12.1 Å². The van der Waals surface area contributed by atoms with Gasteiger partial charge in [0.2, 0.25) is 0 Å². The maximum absolute atomic E-state index is 12.6. The molecule has 0 saturated heterocycles. The lowest BCUT2D eigenvalue weighted by Gasteiger charge is -2.10. The van der Waals surface area contributed by atoms with Crippen molar-refractivity contribution in [2.45, 2.75) is 11.1 Å². The molecule has 13 heavy (non-hydrogen) atoms. The fourth-order valence-electron chi connectivity index (χ4n) is 0.805. The summed E-state index contributed by atoms with van der Waals surface area (Å²) in [6.45, 7) is 0. The first-order valence-electron chi connectivity index (χ1n) is 3.17. The number of hydrogen-bond acceptors (Lipinski definition) is 2. The Morgan fingerprint density at radius 1 is 1.23 bits per heavy atom. The molecule has 6 heteroatoms. The lowest BCUT2D eigenvalue weighted by atomic mass is 10.2. The number of hydrogen-bond donors (Lipinski definition) is 2. The Hall–Kier alpha value is -0.910. The van der Waals surface area contributed by atoms with Crippen molar-refractivity contribution in [1.29, 1.82) is 0 Å². The highest BCUT2D eigenvalue weighted by Crippen LogP contribution is 2.35. The molecule has 0 heterocycles. The third kappa shape index (κ3) is 2.06. The second kappa shape index (κ2) is 3.10. The largest absolute Gasteiger partial charge is 0.417 e. The highest BCUT2D eigenvalue weighted by atomic mass is 32.1. The normalized spacial score (nSPS) is 11.8. The van der Waals surface area contributed by atoms with E-state index in [9.17, 15) is 17.6 Å². The Bertz CT molecular complexity index is 334. The molecule has 0 aliphatic rings. The molecule has 1 rings (SSSR count). The summed E-state index contributed by atoms with van der Waals surface area (Å²) in [6, 6.07) is 1.17. The lowest BCUT2D eigenvalue weighted by Crippen LogP contribution is -2.07. The average Bonchev–Trinajstić information content (AvgIpc) is 1.94. The van der Waals surface area contributed by atoms with Crippen LogP contribution in [0.4, 0.5) is 23.2 Å². The number of anilines is 1. The fourth-order valence-corrected chi connectivity index (χ4v) is 1.14. The molecule has 0 aliphatic heterocycles. The fraction of sp³-hybridized carbons (Fsp3) is 0.143. The standard InChI is InChI=1S/C7H5F4NS/c8-4-1-3(7(9,10)11)6(13)2-5(4)12/h1-2,13H,12H2. The molecule has 72 valence electrons. The average molecular weight is 211 g/mol. The quantitative estimate of drug-likeness (QED) is 0.385. The SMILES string of the molecule is Nc1cc(S)c(C(F)(F)F)cc1F. The van der Waals surface area contributed by atoms with Crippen LogP contribution in [-0.2, 0) is 6.18 Å². The summed E-state index contributed by atoms with van der Waals surface area (Å²) in [6.07, 6.45) is -4.61. The smallest absolute Gasteiger partial charge is 0.396 e. The number of nitrogen functional groups attached to an aromatic ring is 1. The van der Waals surface area contributed by atoms with Gasteiger partial charge in [-0.3, -0.25) is 0 Å². The van der Waals surface area contributed by atoms with E-state index in [2.05, 4.69) is 12.6 Å². The second-order valence-corrected chi connectivity index (χ2v) is 2.87. The topological polar surface area (TPSA) is 26.0 Å². The van der Waals surface area contributed by atoms with E-state index in [1.165, 1.54) is 0 Å². The first-order valence-corrected chi connectivity index (χ1v) is 3.62. The van der Waals surface area contributed by atoms with Gasteiger partial charge in [0.05, 0.1) is 11.3 Å². The van der Waals surface area contributed by atoms with E-state index in [1.54, 1.807) is 0 Å². The van der Waals surface area contributed by atoms with Crippen molar-refractivity contribution in [1.82, 2.24) is 0 Å². The third-order valence-corrected chi connectivity index (χ3v) is 1.79. The monoisotopic (exact) mass is 211 g/mol. The summed E-state index contributed by atoms with van der Waals surface area (Å²) in [5, 5.41) is 0. The zero-order valence-corrected chi connectivity index (χ0v) is 7.09. The summed E-state index contributed by atoms with van der Waals surface area (Å²) >= 11 is 3.54. The minimum atomic E-state index is -4.61. The molecule has 0 bridgehead atoms. The Morgan fingerprint density at radius 2 is 1.77 bits per heavy atom. The van der Waals surface area contributed by atoms with Crippen molar-refractivity contribution >= 4 is 18.3 Å². The van der Waals surface area contributed by atoms with Gasteiger partial charge < -0.3 is 5.73 Å². The van der Waals surface area contributed by atoms with Gasteiger partial charge in [0.15, 0.2) is 0 Å². The van der Waals surface area contributed by atoms with Gasteiger partial charge in [-0.15, -0.1) is 12.6 Å². The van der Waals surface area contributed by atoms with E-state index in [-0.39, 0.29) is 10.6 Å². The molecule has 0 radical (unpaired) electrons. The molecule has 1 aromatic carbocycles. The number of halogens is 4. The highest BCUT2D eigenvalue weighted by Gasteiger charge is 2.33. The van der Waals surface area contributed by atoms with Crippen molar-refractivity contribution in [3.63, 3.8) is 0 Å². The molecule has 0 unspecified atom stereocenters. The van der Waals surface area contributed by atoms with E-state index >= 15 is 0 Å². The molecule has 1 aromatic rings. The predicted octanol–water partition coefficient (Wildman–Crippen LogP) is 2.72. The molecule has 0 aromatic heterocycles. The third-order valence-electron chi connectivity index (χ3n) is 1.42. The van der Waals surface area contributed by atoms with E-state index in [0.717, 1.165) is 6.07 Å². The minimum absolute atomic E-state index is 0.331. The van der Waals surface area contributed by atoms with Gasteiger partial charge in [0, 0.05) is 4.90 Å². The number of rotatable bonds is 0. The van der Waals surface area contributed by atoms with Crippen molar-refractivity contribution in [2.75, 3.05) is 5.73 Å². The number of alkyl halides is 3. The van der Waals surface area contributed by atoms with E-state index in [0.29, 0.717) is 6.07 Å². The molecule has 0 spiro atoms. The molecule has 1 nitrogen and oxygen atoms in total. The maximum atomic E-state index is 12.6. The van der Waals surface area contributed by atoms with Crippen molar-refractivity contribution in [3.8, 4) is 0 Å². The first kappa shape index (κ1) is 10.2. The summed E-state index contributed by atoms with van der Waals surface area (Å²) < 4.78 is 48.9. The Labute approximate surface area is 77.0 Å². The van der Waals surface area contributed by atoms with E-state index in [1.807, 2.05) is 0 Å². The van der Waals surface area contributed by atoms with E-state index < -0.39 is 17.6 Å². The number of thiol groups is 1. The summed E-state index contributed by atoms with van der Waals surface area (Å²) in [7, 11) is 0. The molecule has 0 saturated carbocycles. The zero-order valence-electron chi connectivity index (χ0n) is 6.19. The Balaban J connectivity index is 3.32. The molecule has 0 aliphatic carbocycles. The van der Waals surface area contributed by atoms with Crippen LogP contribution >= 0.6 is 12.6 Å². The predicted molar refractivity (Wildman–Crippen MR) is 43.1 cm³/mol. The van der Waals surface area contributed by atoms with Gasteiger partial charge in [-0.1, -0.05) is 0 Å². The Kier molecular flexibility index (Phi) is 2.42. The van der Waals surface area contributed by atoms with Crippen molar-refractivity contribution < 1.29 is 17.6 Å². The van der Waals surface area contributed by atoms with Crippen molar-refractivity contribution in [3.05, 3.63) is 23.5 Å². The maximum Gasteiger partial charge on any atom is 0.417 e. The zero-order chi connectivity index (χ0) is 10.2. The molecule has 2 N–H and O–H groups in total. The van der Waals surface area contributed by atoms with Crippen molar-refractivity contribution in [2.24, 2.45) is 0 Å². The van der Waals surface area contributed by atoms with Gasteiger partial charge in [-0.25, -0.2) is 4.39 Å². The molecule has 0 atom stereocenters. The minimum Gasteiger partial charge on any atom is -0.396 e. The number of nitrogens with two attached hydrogens (primary N) is 1. The summed E-state index contributed by atoms with van der Waals surface area (Å²) in [4.78, 5) is -0.383. The van der Waals surface area contributed by atoms with Crippen LogP contribution in [0.25, 0.3) is 0 Å². The van der Waals surface area contributed by atoms with Gasteiger partial charge in [-0.2, -0.15) is 13.2 Å². The van der Waals surface area contributed by atoms with Crippen LogP contribution in [0.5, 0.6) is 0 Å². The first-order chi connectivity index (χ1) is 5.82. The van der Waals surface area contributed by atoms with Crippen LogP contribution in [-0.4, -0.2) is 0 Å². The summed E-state index contributed by atoms with van der Waals surface area (Å²) in [5.41, 5.74) is 3.57. The van der Waals surface area contributed by atoms with Crippen LogP contribution in [0.3, 0.4) is 0 Å². The van der Waals surface area contributed by atoms with Crippen LogP contribution in [0.15, 0.2) is 17.0 Å². The lowest BCUT2D eigenvalue weighted by molar-refractivity contribution is -0.139. The molecular formula is C7H5F4NS. The van der Waals surface area contributed by atoms with Crippen LogP contribution in [0, 0.1) is 5.82 Å². The molecular weight excluding hydrogens is 206 g/mol.